The smallest absolute Gasteiger partial charge is 0.132 e. The molecule has 4 heteroatoms. The molecule has 18 heavy (non-hydrogen) atoms. The van der Waals surface area contributed by atoms with Crippen LogP contribution in [0.15, 0.2) is 30.5 Å². The molecule has 2 nitrogen and oxygen atoms in total. The Morgan fingerprint density at radius 1 is 1.39 bits per heavy atom. The summed E-state index contributed by atoms with van der Waals surface area (Å²) in [4.78, 5) is 8.67. The molecule has 1 heterocycles. The number of hydrogen-bond acceptors (Lipinski definition) is 2. The highest BCUT2D eigenvalue weighted by Crippen LogP contribution is 2.21. The van der Waals surface area contributed by atoms with E-state index in [1.165, 1.54) is 12.1 Å². The third-order valence-electron chi connectivity index (χ3n) is 2.75. The van der Waals surface area contributed by atoms with E-state index in [0.717, 1.165) is 16.8 Å². The molecule has 0 amide bonds. The van der Waals surface area contributed by atoms with Crippen molar-refractivity contribution in [2.75, 3.05) is 0 Å². The maximum atomic E-state index is 13.1. The first-order valence-corrected chi connectivity index (χ1v) is 6.21. The molecule has 0 aliphatic rings. The average Bonchev–Trinajstić information content (AvgIpc) is 2.28. The highest BCUT2D eigenvalue weighted by molar-refractivity contribution is 6.20. The molecular weight excluding hydrogens is 251 g/mol. The summed E-state index contributed by atoms with van der Waals surface area (Å²) in [6.07, 6.45) is 2.27. The zero-order valence-electron chi connectivity index (χ0n) is 10.3. The van der Waals surface area contributed by atoms with Gasteiger partial charge >= 0.3 is 0 Å². The summed E-state index contributed by atoms with van der Waals surface area (Å²) in [5, 5.41) is -0.104. The summed E-state index contributed by atoms with van der Waals surface area (Å²) in [7, 11) is 0. The molecule has 0 spiro atoms. The summed E-state index contributed by atoms with van der Waals surface area (Å²) >= 11 is 6.01. The minimum atomic E-state index is -0.241. The lowest BCUT2D eigenvalue weighted by atomic mass is 10.1. The highest BCUT2D eigenvalue weighted by Gasteiger charge is 2.08. The highest BCUT2D eigenvalue weighted by atomic mass is 35.5. The van der Waals surface area contributed by atoms with Gasteiger partial charge in [-0.1, -0.05) is 12.1 Å². The van der Waals surface area contributed by atoms with E-state index in [-0.39, 0.29) is 11.2 Å². The summed E-state index contributed by atoms with van der Waals surface area (Å²) in [5.41, 5.74) is 2.67. The maximum absolute atomic E-state index is 13.1. The normalized spacial score (nSPS) is 12.4. The molecule has 1 aromatic heterocycles. The zero-order valence-corrected chi connectivity index (χ0v) is 11.1. The lowest BCUT2D eigenvalue weighted by molar-refractivity contribution is 0.625. The van der Waals surface area contributed by atoms with E-state index in [2.05, 4.69) is 9.97 Å². The molecule has 1 unspecified atom stereocenters. The Morgan fingerprint density at radius 2 is 2.17 bits per heavy atom. The summed E-state index contributed by atoms with van der Waals surface area (Å²) < 4.78 is 13.1. The Morgan fingerprint density at radius 3 is 2.78 bits per heavy atom. The Labute approximate surface area is 111 Å². The SMILES string of the molecule is Cc1nc(Cc2cccc(F)c2)ncc1C(C)Cl. The van der Waals surface area contributed by atoms with E-state index < -0.39 is 0 Å². The van der Waals surface area contributed by atoms with Gasteiger partial charge in [0.15, 0.2) is 0 Å². The first kappa shape index (κ1) is 13.0. The fraction of sp³-hybridized carbons (Fsp3) is 0.286. The minimum Gasteiger partial charge on any atom is -0.241 e. The van der Waals surface area contributed by atoms with E-state index in [0.29, 0.717) is 12.2 Å². The van der Waals surface area contributed by atoms with Crippen molar-refractivity contribution in [1.29, 1.82) is 0 Å². The van der Waals surface area contributed by atoms with Gasteiger partial charge in [-0.15, -0.1) is 11.6 Å². The van der Waals surface area contributed by atoms with Gasteiger partial charge in [0.05, 0.1) is 5.38 Å². The Hall–Kier alpha value is -1.48. The Kier molecular flexibility index (Phi) is 3.92. The summed E-state index contributed by atoms with van der Waals surface area (Å²) in [6, 6.07) is 6.47. The third kappa shape index (κ3) is 3.05. The van der Waals surface area contributed by atoms with Gasteiger partial charge in [0, 0.05) is 23.9 Å². The molecule has 2 rings (SSSR count). The van der Waals surface area contributed by atoms with E-state index >= 15 is 0 Å². The van der Waals surface area contributed by atoms with E-state index in [1.54, 1.807) is 12.3 Å². The number of rotatable bonds is 3. The van der Waals surface area contributed by atoms with Gasteiger partial charge in [0.1, 0.15) is 11.6 Å². The van der Waals surface area contributed by atoms with Crippen molar-refractivity contribution in [3.8, 4) is 0 Å². The van der Waals surface area contributed by atoms with Gasteiger partial charge < -0.3 is 0 Å². The van der Waals surface area contributed by atoms with Crippen LogP contribution in [-0.4, -0.2) is 9.97 Å². The molecule has 94 valence electrons. The van der Waals surface area contributed by atoms with Gasteiger partial charge in [0.25, 0.3) is 0 Å². The van der Waals surface area contributed by atoms with E-state index in [9.17, 15) is 4.39 Å². The third-order valence-corrected chi connectivity index (χ3v) is 2.98. The number of alkyl halides is 1. The first-order chi connectivity index (χ1) is 8.56. The summed E-state index contributed by atoms with van der Waals surface area (Å²) in [5.74, 6) is 0.439. The largest absolute Gasteiger partial charge is 0.241 e. The molecule has 2 aromatic rings. The molecular formula is C14H14ClFN2. The second-order valence-corrected chi connectivity index (χ2v) is 4.90. The average molecular weight is 265 g/mol. The van der Waals surface area contributed by atoms with Crippen LogP contribution < -0.4 is 0 Å². The molecule has 0 aliphatic heterocycles. The van der Waals surface area contributed by atoms with Crippen molar-refractivity contribution in [1.82, 2.24) is 9.97 Å². The predicted octanol–water partition coefficient (Wildman–Crippen LogP) is 3.81. The van der Waals surface area contributed by atoms with Crippen LogP contribution in [0.3, 0.4) is 0 Å². The maximum Gasteiger partial charge on any atom is 0.132 e. The van der Waals surface area contributed by atoms with Gasteiger partial charge in [-0.3, -0.25) is 0 Å². The molecule has 0 radical (unpaired) electrons. The van der Waals surface area contributed by atoms with Crippen molar-refractivity contribution < 1.29 is 4.39 Å². The quantitative estimate of drug-likeness (QED) is 0.788. The number of aromatic nitrogens is 2. The number of hydrogen-bond donors (Lipinski definition) is 0. The monoisotopic (exact) mass is 264 g/mol. The van der Waals surface area contributed by atoms with E-state index in [1.807, 2.05) is 19.9 Å². The Bertz CT molecular complexity index is 555. The molecule has 0 aliphatic carbocycles. The predicted molar refractivity (Wildman–Crippen MR) is 70.2 cm³/mol. The molecule has 1 atom stereocenters. The molecule has 1 aromatic carbocycles. The minimum absolute atomic E-state index is 0.104. The van der Waals surface area contributed by atoms with Gasteiger partial charge in [-0.2, -0.15) is 0 Å². The van der Waals surface area contributed by atoms with Gasteiger partial charge in [-0.25, -0.2) is 14.4 Å². The van der Waals surface area contributed by atoms with Crippen LogP contribution >= 0.6 is 11.6 Å². The van der Waals surface area contributed by atoms with Crippen molar-refractivity contribution in [2.45, 2.75) is 25.6 Å². The van der Waals surface area contributed by atoms with Gasteiger partial charge in [0.2, 0.25) is 0 Å². The van der Waals surface area contributed by atoms with Gasteiger partial charge in [-0.05, 0) is 31.5 Å². The van der Waals surface area contributed by atoms with Crippen LogP contribution in [0.4, 0.5) is 4.39 Å². The molecule has 0 bridgehead atoms. The molecule has 0 saturated heterocycles. The van der Waals surface area contributed by atoms with Crippen molar-refractivity contribution in [2.24, 2.45) is 0 Å². The van der Waals surface area contributed by atoms with Crippen LogP contribution in [0, 0.1) is 12.7 Å². The van der Waals surface area contributed by atoms with Crippen LogP contribution in [0.5, 0.6) is 0 Å². The standard InChI is InChI=1S/C14H14ClFN2/c1-9(15)13-8-17-14(18-10(13)2)7-11-4-3-5-12(16)6-11/h3-6,8-9H,7H2,1-2H3. The Balaban J connectivity index is 2.23. The lowest BCUT2D eigenvalue weighted by Crippen LogP contribution is -2.02. The van der Waals surface area contributed by atoms with Crippen LogP contribution in [0.1, 0.15) is 34.9 Å². The summed E-state index contributed by atoms with van der Waals surface area (Å²) in [6.45, 7) is 3.80. The van der Waals surface area contributed by atoms with Crippen LogP contribution in [0.25, 0.3) is 0 Å². The second-order valence-electron chi connectivity index (χ2n) is 4.25. The van der Waals surface area contributed by atoms with Crippen molar-refractivity contribution >= 4 is 11.6 Å². The number of nitrogens with zero attached hydrogens (tertiary/aromatic N) is 2. The van der Waals surface area contributed by atoms with Crippen LogP contribution in [-0.2, 0) is 6.42 Å². The van der Waals surface area contributed by atoms with Crippen LogP contribution in [0.2, 0.25) is 0 Å². The van der Waals surface area contributed by atoms with Crippen molar-refractivity contribution in [3.05, 3.63) is 58.9 Å². The fourth-order valence-corrected chi connectivity index (χ4v) is 2.04. The molecule has 0 saturated carbocycles. The number of aryl methyl sites for hydroxylation is 1. The number of benzene rings is 1. The number of halogens is 2. The lowest BCUT2D eigenvalue weighted by Gasteiger charge is -2.08. The fourth-order valence-electron chi connectivity index (χ4n) is 1.83. The van der Waals surface area contributed by atoms with E-state index in [4.69, 9.17) is 11.6 Å². The first-order valence-electron chi connectivity index (χ1n) is 5.77. The molecule has 0 fully saturated rings. The zero-order chi connectivity index (χ0) is 13.1. The van der Waals surface area contributed by atoms with Crippen molar-refractivity contribution in [3.63, 3.8) is 0 Å². The topological polar surface area (TPSA) is 25.8 Å². The second kappa shape index (κ2) is 5.44. The molecule has 0 N–H and O–H groups in total.